The molecule has 2 nitrogen and oxygen atoms in total. The standard InChI is InChI=1S/C30H39N.C4H7N.C2H6/c1-7-12-22-19-28-26(24-15-9-10-16-27(24)30(28,4)5)20-25(22)29(31(6)17-8-2)23-14-11-13-21(3)18-23;1-2-3-4-5;1-2/h8-10,15-20,23,29H,7,11-14H2,1-6H3;2-5H,1H3;1-2H3/b17-8-;3-2-,5-4?;/t23?,29-;;/m0../s1. The summed E-state index contributed by atoms with van der Waals surface area (Å²) in [6.45, 7) is 17.4. The van der Waals surface area contributed by atoms with Crippen molar-refractivity contribution in [2.24, 2.45) is 5.92 Å². The Morgan fingerprint density at radius 2 is 1.76 bits per heavy atom. The first-order chi connectivity index (χ1) is 18.3. The Bertz CT molecular complexity index is 1130. The van der Waals surface area contributed by atoms with Crippen molar-refractivity contribution in [2.75, 3.05) is 7.05 Å². The van der Waals surface area contributed by atoms with Crippen LogP contribution in [0.1, 0.15) is 109 Å². The van der Waals surface area contributed by atoms with Gasteiger partial charge >= 0.3 is 0 Å². The highest BCUT2D eigenvalue weighted by atomic mass is 15.1. The SMILES string of the molecule is C/C=C\C=N.C/C=C\N(C)[C@H](c1cc2c(cc1CCC)C(C)(C)c1ccccc1-2)C1C=C(C)CCC1.CC. The first-order valence-electron chi connectivity index (χ1n) is 14.7. The van der Waals surface area contributed by atoms with E-state index in [4.69, 9.17) is 5.41 Å². The lowest BCUT2D eigenvalue weighted by molar-refractivity contribution is 0.250. The lowest BCUT2D eigenvalue weighted by Gasteiger charge is -2.37. The van der Waals surface area contributed by atoms with Gasteiger partial charge in [-0.15, -0.1) is 0 Å². The van der Waals surface area contributed by atoms with E-state index >= 15 is 0 Å². The second-order valence-corrected chi connectivity index (χ2v) is 10.9. The monoisotopic (exact) mass is 512 g/mol. The van der Waals surface area contributed by atoms with Crippen LogP contribution in [0.4, 0.5) is 0 Å². The normalized spacial score (nSPS) is 17.9. The molecule has 0 fully saturated rings. The van der Waals surface area contributed by atoms with Crippen molar-refractivity contribution in [1.29, 1.82) is 5.41 Å². The molecule has 206 valence electrons. The van der Waals surface area contributed by atoms with Crippen molar-refractivity contribution in [3.8, 4) is 11.1 Å². The van der Waals surface area contributed by atoms with E-state index in [-0.39, 0.29) is 5.41 Å². The summed E-state index contributed by atoms with van der Waals surface area (Å²) in [6.07, 6.45) is 17.9. The van der Waals surface area contributed by atoms with E-state index in [2.05, 4.69) is 101 Å². The maximum absolute atomic E-state index is 6.39. The zero-order chi connectivity index (χ0) is 28.3. The predicted molar refractivity (Wildman–Crippen MR) is 169 cm³/mol. The molecule has 2 atom stereocenters. The second-order valence-electron chi connectivity index (χ2n) is 10.9. The van der Waals surface area contributed by atoms with Gasteiger partial charge < -0.3 is 10.3 Å². The number of nitrogens with one attached hydrogen (secondary N) is 1. The maximum Gasteiger partial charge on any atom is 0.0599 e. The molecule has 0 saturated carbocycles. The summed E-state index contributed by atoms with van der Waals surface area (Å²) in [5, 5.41) is 6.39. The minimum Gasteiger partial charge on any atom is -0.373 e. The average Bonchev–Trinajstić information content (AvgIpc) is 3.13. The van der Waals surface area contributed by atoms with Crippen LogP contribution in [0, 0.1) is 11.3 Å². The summed E-state index contributed by atoms with van der Waals surface area (Å²) < 4.78 is 0. The zero-order valence-corrected chi connectivity index (χ0v) is 25.6. The van der Waals surface area contributed by atoms with Crippen LogP contribution in [-0.4, -0.2) is 18.2 Å². The molecule has 2 aliphatic rings. The summed E-state index contributed by atoms with van der Waals surface area (Å²) >= 11 is 0. The van der Waals surface area contributed by atoms with Crippen molar-refractivity contribution >= 4 is 6.21 Å². The molecule has 2 aliphatic carbocycles. The highest BCUT2D eigenvalue weighted by molar-refractivity contribution is 5.81. The van der Waals surface area contributed by atoms with E-state index in [1.165, 1.54) is 59.7 Å². The first kappa shape index (κ1) is 31.3. The van der Waals surface area contributed by atoms with Crippen LogP contribution in [0.2, 0.25) is 0 Å². The number of rotatable bonds is 7. The lowest BCUT2D eigenvalue weighted by Crippen LogP contribution is -2.28. The molecule has 2 aromatic carbocycles. The molecule has 4 rings (SSSR count). The molecule has 0 aromatic heterocycles. The number of nitrogens with zero attached hydrogens (tertiary/aromatic N) is 1. The van der Waals surface area contributed by atoms with E-state index < -0.39 is 0 Å². The Morgan fingerprint density at radius 3 is 2.34 bits per heavy atom. The smallest absolute Gasteiger partial charge is 0.0599 e. The summed E-state index contributed by atoms with van der Waals surface area (Å²) in [4.78, 5) is 2.46. The number of hydrogen-bond acceptors (Lipinski definition) is 2. The Kier molecular flexibility index (Phi) is 12.3. The van der Waals surface area contributed by atoms with E-state index in [0.717, 1.165) is 6.42 Å². The average molecular weight is 513 g/mol. The molecule has 0 radical (unpaired) electrons. The highest BCUT2D eigenvalue weighted by Crippen LogP contribution is 2.51. The number of allylic oxidation sites excluding steroid dienone is 4. The molecule has 2 aromatic rings. The molecule has 0 amide bonds. The fourth-order valence-electron chi connectivity index (χ4n) is 6.14. The third-order valence-corrected chi connectivity index (χ3v) is 7.81. The van der Waals surface area contributed by atoms with Crippen molar-refractivity contribution in [3.05, 3.63) is 94.7 Å². The quantitative estimate of drug-likeness (QED) is 0.290. The van der Waals surface area contributed by atoms with Gasteiger partial charge in [0.1, 0.15) is 0 Å². The van der Waals surface area contributed by atoms with Gasteiger partial charge in [0.2, 0.25) is 0 Å². The van der Waals surface area contributed by atoms with E-state index in [1.54, 1.807) is 17.2 Å². The molecule has 1 unspecified atom stereocenters. The minimum atomic E-state index is 0.0684. The Labute approximate surface area is 234 Å². The summed E-state index contributed by atoms with van der Waals surface area (Å²) in [7, 11) is 2.27. The zero-order valence-electron chi connectivity index (χ0n) is 25.6. The van der Waals surface area contributed by atoms with Gasteiger partial charge in [0, 0.05) is 24.6 Å². The number of hydrogen-bond donors (Lipinski definition) is 1. The van der Waals surface area contributed by atoms with Crippen LogP contribution in [0.5, 0.6) is 0 Å². The molecular formula is C36H52N2. The first-order valence-corrected chi connectivity index (χ1v) is 14.7. The van der Waals surface area contributed by atoms with Gasteiger partial charge in [0.15, 0.2) is 0 Å². The third-order valence-electron chi connectivity index (χ3n) is 7.81. The van der Waals surface area contributed by atoms with E-state index in [9.17, 15) is 0 Å². The Balaban J connectivity index is 0.000000651. The molecule has 0 aliphatic heterocycles. The highest BCUT2D eigenvalue weighted by Gasteiger charge is 2.37. The van der Waals surface area contributed by atoms with E-state index in [1.807, 2.05) is 26.8 Å². The predicted octanol–water partition coefficient (Wildman–Crippen LogP) is 10.4. The Hall–Kier alpha value is -2.87. The second kappa shape index (κ2) is 14.9. The Morgan fingerprint density at radius 1 is 1.05 bits per heavy atom. The third kappa shape index (κ3) is 6.95. The number of aryl methyl sites for hydroxylation is 1. The van der Waals surface area contributed by atoms with Crippen LogP contribution < -0.4 is 0 Å². The summed E-state index contributed by atoms with van der Waals surface area (Å²) in [5.41, 5.74) is 10.5. The van der Waals surface area contributed by atoms with Gasteiger partial charge in [-0.2, -0.15) is 0 Å². The molecule has 0 saturated heterocycles. The fourth-order valence-corrected chi connectivity index (χ4v) is 6.14. The van der Waals surface area contributed by atoms with Crippen LogP contribution in [0.15, 0.2) is 72.5 Å². The summed E-state index contributed by atoms with van der Waals surface area (Å²) in [5.74, 6) is 0.563. The molecule has 0 heterocycles. The van der Waals surface area contributed by atoms with Crippen molar-refractivity contribution in [1.82, 2.24) is 4.90 Å². The minimum absolute atomic E-state index is 0.0684. The van der Waals surface area contributed by atoms with Gasteiger partial charge in [-0.1, -0.05) is 95.2 Å². The van der Waals surface area contributed by atoms with E-state index in [0.29, 0.717) is 12.0 Å². The van der Waals surface area contributed by atoms with Gasteiger partial charge in [-0.25, -0.2) is 0 Å². The largest absolute Gasteiger partial charge is 0.373 e. The van der Waals surface area contributed by atoms with Crippen molar-refractivity contribution in [2.45, 2.75) is 99.0 Å². The molecule has 38 heavy (non-hydrogen) atoms. The van der Waals surface area contributed by atoms with Gasteiger partial charge in [-0.3, -0.25) is 0 Å². The fraction of sp³-hybridized carbons (Fsp3) is 0.472. The van der Waals surface area contributed by atoms with Crippen LogP contribution in [0.3, 0.4) is 0 Å². The van der Waals surface area contributed by atoms with Crippen LogP contribution in [0.25, 0.3) is 11.1 Å². The number of benzene rings is 2. The molecular weight excluding hydrogens is 460 g/mol. The van der Waals surface area contributed by atoms with Gasteiger partial charge in [0.25, 0.3) is 0 Å². The van der Waals surface area contributed by atoms with Crippen LogP contribution in [-0.2, 0) is 11.8 Å². The molecule has 0 bridgehead atoms. The number of fused-ring (bicyclic) bond motifs is 3. The maximum atomic E-state index is 6.39. The summed E-state index contributed by atoms with van der Waals surface area (Å²) in [6, 6.07) is 14.5. The van der Waals surface area contributed by atoms with Gasteiger partial charge in [0.05, 0.1) is 6.04 Å². The van der Waals surface area contributed by atoms with Gasteiger partial charge in [-0.05, 0) is 98.2 Å². The topological polar surface area (TPSA) is 27.1 Å². The molecule has 0 spiro atoms. The van der Waals surface area contributed by atoms with Crippen LogP contribution >= 0.6 is 0 Å². The van der Waals surface area contributed by atoms with Crippen molar-refractivity contribution < 1.29 is 0 Å². The lowest BCUT2D eigenvalue weighted by atomic mass is 9.77. The molecule has 1 N–H and O–H groups in total. The van der Waals surface area contributed by atoms with Crippen molar-refractivity contribution in [3.63, 3.8) is 0 Å². The molecule has 2 heteroatoms.